The molecule has 1 amide bonds. The molecule has 0 atom stereocenters. The van der Waals surface area contributed by atoms with Crippen LogP contribution in [0.3, 0.4) is 0 Å². The molecule has 0 bridgehead atoms. The van der Waals surface area contributed by atoms with E-state index in [2.05, 4.69) is 10.0 Å². The molecule has 0 saturated heterocycles. The minimum atomic E-state index is -3.27. The summed E-state index contributed by atoms with van der Waals surface area (Å²) in [6, 6.07) is 5.15. The zero-order valence-corrected chi connectivity index (χ0v) is 10.6. The Bertz CT molecular complexity index is 606. The summed E-state index contributed by atoms with van der Waals surface area (Å²) in [5.41, 5.74) is 2.00. The van der Waals surface area contributed by atoms with Gasteiger partial charge in [-0.15, -0.1) is 0 Å². The first kappa shape index (κ1) is 11.5. The van der Waals surface area contributed by atoms with E-state index in [1.807, 2.05) is 6.07 Å². The van der Waals surface area contributed by atoms with Crippen LogP contribution in [0.2, 0.25) is 0 Å². The van der Waals surface area contributed by atoms with Crippen LogP contribution in [0.4, 0.5) is 5.69 Å². The molecular formula is C12H14N2O3S. The first-order valence-corrected chi connectivity index (χ1v) is 7.54. The number of amides is 1. The number of rotatable bonds is 3. The summed E-state index contributed by atoms with van der Waals surface area (Å²) in [5.74, 6) is -0.135. The Morgan fingerprint density at radius 2 is 2.06 bits per heavy atom. The Balaban J connectivity index is 1.90. The van der Waals surface area contributed by atoms with E-state index >= 15 is 0 Å². The van der Waals surface area contributed by atoms with Crippen molar-refractivity contribution in [3.05, 3.63) is 29.3 Å². The van der Waals surface area contributed by atoms with Crippen molar-refractivity contribution < 1.29 is 13.2 Å². The van der Waals surface area contributed by atoms with Gasteiger partial charge in [0.25, 0.3) is 5.91 Å². The van der Waals surface area contributed by atoms with Crippen LogP contribution in [0.5, 0.6) is 0 Å². The van der Waals surface area contributed by atoms with E-state index in [-0.39, 0.29) is 11.2 Å². The minimum Gasteiger partial charge on any atom is -0.352 e. The van der Waals surface area contributed by atoms with Crippen molar-refractivity contribution in [3.63, 3.8) is 0 Å². The molecule has 0 aromatic heterocycles. The van der Waals surface area contributed by atoms with Crippen LogP contribution in [0.1, 0.15) is 28.8 Å². The van der Waals surface area contributed by atoms with Crippen molar-refractivity contribution in [2.75, 3.05) is 11.3 Å². The number of carbonyl (C=O) groups is 1. The van der Waals surface area contributed by atoms with Crippen molar-refractivity contribution in [1.82, 2.24) is 5.32 Å². The molecule has 1 aliphatic carbocycles. The smallest absolute Gasteiger partial charge is 0.251 e. The average Bonchev–Trinajstić information content (AvgIpc) is 3.14. The quantitative estimate of drug-likeness (QED) is 0.852. The molecule has 96 valence electrons. The number of hydrogen-bond donors (Lipinski definition) is 2. The zero-order chi connectivity index (χ0) is 12.8. The number of benzene rings is 1. The monoisotopic (exact) mass is 266 g/mol. The van der Waals surface area contributed by atoms with Crippen LogP contribution >= 0.6 is 0 Å². The van der Waals surface area contributed by atoms with Crippen molar-refractivity contribution in [3.8, 4) is 0 Å². The maximum Gasteiger partial charge on any atom is 0.251 e. The van der Waals surface area contributed by atoms with Gasteiger partial charge < -0.3 is 5.32 Å². The SMILES string of the molecule is O=C1NCCc2ccc(NS(=O)(=O)C3CC3)cc21. The van der Waals surface area contributed by atoms with E-state index < -0.39 is 10.0 Å². The fourth-order valence-electron chi connectivity index (χ4n) is 2.10. The van der Waals surface area contributed by atoms with E-state index in [1.165, 1.54) is 0 Å². The summed E-state index contributed by atoms with van der Waals surface area (Å²) in [6.07, 6.45) is 2.23. The van der Waals surface area contributed by atoms with Crippen LogP contribution in [-0.2, 0) is 16.4 Å². The minimum absolute atomic E-state index is 0.135. The summed E-state index contributed by atoms with van der Waals surface area (Å²) in [7, 11) is -3.27. The number of hydrogen-bond acceptors (Lipinski definition) is 3. The molecule has 1 fully saturated rings. The molecule has 1 saturated carbocycles. The second kappa shape index (κ2) is 3.98. The molecule has 1 aromatic carbocycles. The van der Waals surface area contributed by atoms with Gasteiger partial charge in [-0.05, 0) is 37.0 Å². The standard InChI is InChI=1S/C12H14N2O3S/c15-12-11-7-9(2-1-8(11)5-6-13-12)14-18(16,17)10-3-4-10/h1-2,7,10,14H,3-6H2,(H,13,15). The maximum absolute atomic E-state index is 11.8. The van der Waals surface area contributed by atoms with Gasteiger partial charge in [0.1, 0.15) is 0 Å². The van der Waals surface area contributed by atoms with Crippen molar-refractivity contribution in [2.45, 2.75) is 24.5 Å². The molecule has 18 heavy (non-hydrogen) atoms. The normalized spacial score (nSPS) is 19.0. The molecule has 1 aromatic rings. The lowest BCUT2D eigenvalue weighted by molar-refractivity contribution is 0.0946. The fourth-order valence-corrected chi connectivity index (χ4v) is 3.48. The second-order valence-corrected chi connectivity index (χ2v) is 6.69. The van der Waals surface area contributed by atoms with Gasteiger partial charge in [-0.3, -0.25) is 9.52 Å². The van der Waals surface area contributed by atoms with Gasteiger partial charge in [-0.2, -0.15) is 0 Å². The Morgan fingerprint density at radius 3 is 2.78 bits per heavy atom. The Labute approximate surface area is 106 Å². The van der Waals surface area contributed by atoms with Crippen LogP contribution in [0.15, 0.2) is 18.2 Å². The highest BCUT2D eigenvalue weighted by Gasteiger charge is 2.35. The summed E-state index contributed by atoms with van der Waals surface area (Å²) in [6.45, 7) is 0.638. The van der Waals surface area contributed by atoms with Crippen LogP contribution < -0.4 is 10.0 Å². The predicted octanol–water partition coefficient (Wildman–Crippen LogP) is 0.877. The van der Waals surface area contributed by atoms with Crippen LogP contribution in [0, 0.1) is 0 Å². The molecule has 2 aliphatic rings. The summed E-state index contributed by atoms with van der Waals surface area (Å²) < 4.78 is 26.1. The molecule has 2 N–H and O–H groups in total. The highest BCUT2D eigenvalue weighted by Crippen LogP contribution is 2.30. The molecule has 5 nitrogen and oxygen atoms in total. The predicted molar refractivity (Wildman–Crippen MR) is 68.0 cm³/mol. The van der Waals surface area contributed by atoms with E-state index in [0.29, 0.717) is 17.8 Å². The number of sulfonamides is 1. The van der Waals surface area contributed by atoms with Gasteiger partial charge >= 0.3 is 0 Å². The van der Waals surface area contributed by atoms with Gasteiger partial charge in [-0.25, -0.2) is 8.42 Å². The van der Waals surface area contributed by atoms with Gasteiger partial charge in [0, 0.05) is 17.8 Å². The third kappa shape index (κ3) is 2.08. The summed E-state index contributed by atoms with van der Waals surface area (Å²) >= 11 is 0. The van der Waals surface area contributed by atoms with Crippen molar-refractivity contribution >= 4 is 21.6 Å². The first-order valence-electron chi connectivity index (χ1n) is 5.99. The van der Waals surface area contributed by atoms with E-state index in [1.54, 1.807) is 12.1 Å². The van der Waals surface area contributed by atoms with Crippen LogP contribution in [-0.4, -0.2) is 26.1 Å². The number of anilines is 1. The zero-order valence-electron chi connectivity index (χ0n) is 9.77. The molecule has 1 heterocycles. The third-order valence-corrected chi connectivity index (χ3v) is 5.13. The largest absolute Gasteiger partial charge is 0.352 e. The lowest BCUT2D eigenvalue weighted by atomic mass is 10.00. The highest BCUT2D eigenvalue weighted by atomic mass is 32.2. The third-order valence-electron chi connectivity index (χ3n) is 3.26. The molecule has 6 heteroatoms. The van der Waals surface area contributed by atoms with Gasteiger partial charge in [0.15, 0.2) is 0 Å². The Kier molecular flexibility index (Phi) is 2.55. The fraction of sp³-hybridized carbons (Fsp3) is 0.417. The van der Waals surface area contributed by atoms with Gasteiger partial charge in [-0.1, -0.05) is 6.07 Å². The number of carbonyl (C=O) groups excluding carboxylic acids is 1. The second-order valence-electron chi connectivity index (χ2n) is 4.72. The molecule has 0 unspecified atom stereocenters. The lowest BCUT2D eigenvalue weighted by Crippen LogP contribution is -2.31. The maximum atomic E-state index is 11.8. The molecule has 0 spiro atoms. The average molecular weight is 266 g/mol. The molecule has 3 rings (SSSR count). The highest BCUT2D eigenvalue weighted by molar-refractivity contribution is 7.93. The lowest BCUT2D eigenvalue weighted by Gasteiger charge is -2.17. The first-order chi connectivity index (χ1) is 8.56. The van der Waals surface area contributed by atoms with Gasteiger partial charge in [0.05, 0.1) is 5.25 Å². The molecular weight excluding hydrogens is 252 g/mol. The number of fused-ring (bicyclic) bond motifs is 1. The molecule has 0 radical (unpaired) electrons. The van der Waals surface area contributed by atoms with Gasteiger partial charge in [0.2, 0.25) is 10.0 Å². The summed E-state index contributed by atoms with van der Waals surface area (Å²) in [5, 5.41) is 2.49. The van der Waals surface area contributed by atoms with E-state index in [9.17, 15) is 13.2 Å². The van der Waals surface area contributed by atoms with E-state index in [4.69, 9.17) is 0 Å². The Morgan fingerprint density at radius 1 is 1.28 bits per heavy atom. The molecule has 1 aliphatic heterocycles. The van der Waals surface area contributed by atoms with Crippen molar-refractivity contribution in [1.29, 1.82) is 0 Å². The van der Waals surface area contributed by atoms with Crippen LogP contribution in [0.25, 0.3) is 0 Å². The van der Waals surface area contributed by atoms with E-state index in [0.717, 1.165) is 24.8 Å². The Hall–Kier alpha value is -1.56. The van der Waals surface area contributed by atoms with Crippen molar-refractivity contribution in [2.24, 2.45) is 0 Å². The number of nitrogens with one attached hydrogen (secondary N) is 2. The topological polar surface area (TPSA) is 75.3 Å². The summed E-state index contributed by atoms with van der Waals surface area (Å²) in [4.78, 5) is 11.7.